The number of hydrogen-bond donors (Lipinski definition) is 2. The number of likely N-dealkylation sites (N-methyl/N-ethyl adjacent to an activating group) is 1. The Morgan fingerprint density at radius 1 is 1.35 bits per heavy atom. The molecule has 110 valence electrons. The molecule has 0 radical (unpaired) electrons. The number of rotatable bonds is 5. The molecule has 1 aromatic carbocycles. The molecule has 1 heterocycles. The highest BCUT2D eigenvalue weighted by atomic mass is 79.9. The second kappa shape index (κ2) is 7.76. The van der Waals surface area contributed by atoms with Gasteiger partial charge in [-0.25, -0.2) is 0 Å². The lowest BCUT2D eigenvalue weighted by atomic mass is 10.0. The molecular formula is C15H22BrN3O. The predicted molar refractivity (Wildman–Crippen MR) is 85.9 cm³/mol. The molecule has 1 unspecified atom stereocenters. The van der Waals surface area contributed by atoms with Crippen LogP contribution in [0.25, 0.3) is 0 Å². The van der Waals surface area contributed by atoms with Crippen LogP contribution in [0.3, 0.4) is 0 Å². The van der Waals surface area contributed by atoms with Crippen molar-refractivity contribution in [3.8, 4) is 0 Å². The molecule has 4 nitrogen and oxygen atoms in total. The number of nitrogens with one attached hydrogen (secondary N) is 2. The number of likely N-dealkylation sites (tertiary alicyclic amines) is 1. The number of amides is 1. The highest BCUT2D eigenvalue weighted by molar-refractivity contribution is 9.10. The second-order valence-corrected chi connectivity index (χ2v) is 6.23. The molecule has 1 amide bonds. The van der Waals surface area contributed by atoms with E-state index in [0.29, 0.717) is 12.6 Å². The Hall–Kier alpha value is -0.910. The SMILES string of the molecule is CN1CCCCC1CNCC(=O)Nc1ccc(Br)cc1. The Bertz CT molecular complexity index is 435. The summed E-state index contributed by atoms with van der Waals surface area (Å²) in [6, 6.07) is 8.16. The van der Waals surface area contributed by atoms with E-state index in [1.807, 2.05) is 24.3 Å². The summed E-state index contributed by atoms with van der Waals surface area (Å²) in [6.07, 6.45) is 3.80. The summed E-state index contributed by atoms with van der Waals surface area (Å²) in [5.41, 5.74) is 0.829. The van der Waals surface area contributed by atoms with Gasteiger partial charge in [0, 0.05) is 22.7 Å². The number of anilines is 1. The molecule has 1 aliphatic rings. The van der Waals surface area contributed by atoms with Crippen molar-refractivity contribution in [2.45, 2.75) is 25.3 Å². The van der Waals surface area contributed by atoms with Gasteiger partial charge in [-0.15, -0.1) is 0 Å². The van der Waals surface area contributed by atoms with Gasteiger partial charge in [0.2, 0.25) is 5.91 Å². The third kappa shape index (κ3) is 4.89. The Kier molecular flexibility index (Phi) is 6.01. The standard InChI is InChI=1S/C15H22BrN3O/c1-19-9-3-2-4-14(19)10-17-11-15(20)18-13-7-5-12(16)6-8-13/h5-8,14,17H,2-4,9-11H2,1H3,(H,18,20). The van der Waals surface area contributed by atoms with Crippen LogP contribution in [0.4, 0.5) is 5.69 Å². The normalized spacial score (nSPS) is 19.8. The number of piperidine rings is 1. The summed E-state index contributed by atoms with van der Waals surface area (Å²) >= 11 is 3.37. The second-order valence-electron chi connectivity index (χ2n) is 5.32. The lowest BCUT2D eigenvalue weighted by Crippen LogP contribution is -2.44. The van der Waals surface area contributed by atoms with Crippen LogP contribution < -0.4 is 10.6 Å². The lowest BCUT2D eigenvalue weighted by Gasteiger charge is -2.32. The average molecular weight is 340 g/mol. The molecule has 5 heteroatoms. The molecule has 0 aliphatic carbocycles. The molecule has 1 atom stereocenters. The minimum Gasteiger partial charge on any atom is -0.325 e. The third-order valence-electron chi connectivity index (χ3n) is 3.72. The number of halogens is 1. The van der Waals surface area contributed by atoms with Crippen molar-refractivity contribution >= 4 is 27.5 Å². The zero-order chi connectivity index (χ0) is 14.4. The van der Waals surface area contributed by atoms with Crippen molar-refractivity contribution < 1.29 is 4.79 Å². The van der Waals surface area contributed by atoms with E-state index in [-0.39, 0.29) is 5.91 Å². The van der Waals surface area contributed by atoms with Gasteiger partial charge in [0.25, 0.3) is 0 Å². The van der Waals surface area contributed by atoms with E-state index in [1.165, 1.54) is 19.3 Å². The van der Waals surface area contributed by atoms with Crippen LogP contribution >= 0.6 is 15.9 Å². The van der Waals surface area contributed by atoms with Gasteiger partial charge < -0.3 is 15.5 Å². The minimum absolute atomic E-state index is 0.00536. The van der Waals surface area contributed by atoms with Crippen molar-refractivity contribution in [3.05, 3.63) is 28.7 Å². The minimum atomic E-state index is 0.00536. The molecule has 1 aliphatic heterocycles. The van der Waals surface area contributed by atoms with Crippen LogP contribution in [0.5, 0.6) is 0 Å². The molecule has 0 aromatic heterocycles. The Morgan fingerprint density at radius 2 is 2.10 bits per heavy atom. The lowest BCUT2D eigenvalue weighted by molar-refractivity contribution is -0.115. The van der Waals surface area contributed by atoms with E-state index in [9.17, 15) is 4.79 Å². The van der Waals surface area contributed by atoms with Gasteiger partial charge in [-0.2, -0.15) is 0 Å². The molecule has 20 heavy (non-hydrogen) atoms. The first-order valence-corrected chi connectivity index (χ1v) is 7.91. The van der Waals surface area contributed by atoms with E-state index < -0.39 is 0 Å². The summed E-state index contributed by atoms with van der Waals surface area (Å²) in [4.78, 5) is 14.2. The quantitative estimate of drug-likeness (QED) is 0.866. The van der Waals surface area contributed by atoms with Crippen molar-refractivity contribution in [1.29, 1.82) is 0 Å². The molecular weight excluding hydrogens is 318 g/mol. The maximum Gasteiger partial charge on any atom is 0.238 e. The smallest absolute Gasteiger partial charge is 0.238 e. The summed E-state index contributed by atoms with van der Waals surface area (Å²) in [6.45, 7) is 2.40. The Balaban J connectivity index is 1.68. The fraction of sp³-hybridized carbons (Fsp3) is 0.533. The first-order chi connectivity index (χ1) is 9.65. The molecule has 1 aromatic rings. The third-order valence-corrected chi connectivity index (χ3v) is 4.24. The molecule has 0 spiro atoms. The van der Waals surface area contributed by atoms with E-state index in [2.05, 4.69) is 38.5 Å². The van der Waals surface area contributed by atoms with E-state index in [4.69, 9.17) is 0 Å². The molecule has 0 saturated carbocycles. The molecule has 1 fully saturated rings. The Labute approximate surface area is 129 Å². The highest BCUT2D eigenvalue weighted by Gasteiger charge is 2.18. The topological polar surface area (TPSA) is 44.4 Å². The van der Waals surface area contributed by atoms with Crippen LogP contribution in [0.1, 0.15) is 19.3 Å². The first-order valence-electron chi connectivity index (χ1n) is 7.11. The van der Waals surface area contributed by atoms with Gasteiger partial charge in [0.15, 0.2) is 0 Å². The first kappa shape index (κ1) is 15.5. The summed E-state index contributed by atoms with van der Waals surface area (Å²) in [5.74, 6) is 0.00536. The number of carbonyl (C=O) groups excluding carboxylic acids is 1. The van der Waals surface area contributed by atoms with Crippen LogP contribution in [0, 0.1) is 0 Å². The van der Waals surface area contributed by atoms with E-state index >= 15 is 0 Å². The summed E-state index contributed by atoms with van der Waals surface area (Å²) in [7, 11) is 2.16. The molecule has 0 bridgehead atoms. The van der Waals surface area contributed by atoms with Gasteiger partial charge in [0.05, 0.1) is 6.54 Å². The Morgan fingerprint density at radius 3 is 2.80 bits per heavy atom. The molecule has 1 saturated heterocycles. The van der Waals surface area contributed by atoms with Crippen LogP contribution in [0.2, 0.25) is 0 Å². The predicted octanol–water partition coefficient (Wildman–Crippen LogP) is 2.46. The van der Waals surface area contributed by atoms with E-state index in [0.717, 1.165) is 23.2 Å². The zero-order valence-corrected chi connectivity index (χ0v) is 13.4. The van der Waals surface area contributed by atoms with Gasteiger partial charge in [0.1, 0.15) is 0 Å². The number of hydrogen-bond acceptors (Lipinski definition) is 3. The summed E-state index contributed by atoms with van der Waals surface area (Å²) in [5, 5.41) is 6.14. The van der Waals surface area contributed by atoms with E-state index in [1.54, 1.807) is 0 Å². The zero-order valence-electron chi connectivity index (χ0n) is 11.9. The van der Waals surface area contributed by atoms with Gasteiger partial charge >= 0.3 is 0 Å². The number of benzene rings is 1. The van der Waals surface area contributed by atoms with Gasteiger partial charge in [-0.3, -0.25) is 4.79 Å². The molecule has 2 rings (SSSR count). The maximum atomic E-state index is 11.8. The number of carbonyl (C=O) groups is 1. The average Bonchev–Trinajstić information content (AvgIpc) is 2.43. The van der Waals surface area contributed by atoms with Gasteiger partial charge in [-0.05, 0) is 50.7 Å². The van der Waals surface area contributed by atoms with Crippen molar-refractivity contribution in [2.24, 2.45) is 0 Å². The highest BCUT2D eigenvalue weighted by Crippen LogP contribution is 2.14. The fourth-order valence-electron chi connectivity index (χ4n) is 2.49. The fourth-order valence-corrected chi connectivity index (χ4v) is 2.76. The monoisotopic (exact) mass is 339 g/mol. The van der Waals surface area contributed by atoms with Crippen LogP contribution in [-0.4, -0.2) is 43.5 Å². The summed E-state index contributed by atoms with van der Waals surface area (Å²) < 4.78 is 1.01. The van der Waals surface area contributed by atoms with Crippen molar-refractivity contribution in [2.75, 3.05) is 32.0 Å². The van der Waals surface area contributed by atoms with Crippen molar-refractivity contribution in [1.82, 2.24) is 10.2 Å². The van der Waals surface area contributed by atoms with Crippen LogP contribution in [0.15, 0.2) is 28.7 Å². The van der Waals surface area contributed by atoms with Crippen LogP contribution in [-0.2, 0) is 4.79 Å². The number of nitrogens with zero attached hydrogens (tertiary/aromatic N) is 1. The maximum absolute atomic E-state index is 11.8. The van der Waals surface area contributed by atoms with Crippen molar-refractivity contribution in [3.63, 3.8) is 0 Å². The molecule has 2 N–H and O–H groups in total. The van der Waals surface area contributed by atoms with Gasteiger partial charge in [-0.1, -0.05) is 22.4 Å². The largest absolute Gasteiger partial charge is 0.325 e.